The number of halogens is 1. The highest BCUT2D eigenvalue weighted by Crippen LogP contribution is 2.37. The highest BCUT2D eigenvalue weighted by Gasteiger charge is 2.55. The fourth-order valence-electron chi connectivity index (χ4n) is 2.29. The lowest BCUT2D eigenvalue weighted by molar-refractivity contribution is -0.167. The van der Waals surface area contributed by atoms with E-state index in [1.54, 1.807) is 6.92 Å². The number of aliphatic hydroxyl groups excluding tert-OH is 1. The minimum atomic E-state index is -1.98. The van der Waals surface area contributed by atoms with E-state index < -0.39 is 29.4 Å². The highest BCUT2D eigenvalue weighted by atomic mass is 35.5. The topological polar surface area (TPSA) is 83.8 Å². The summed E-state index contributed by atoms with van der Waals surface area (Å²) in [5.41, 5.74) is -1.75. The molecule has 3 atom stereocenters. The van der Waals surface area contributed by atoms with Gasteiger partial charge in [0.25, 0.3) is 0 Å². The van der Waals surface area contributed by atoms with Crippen LogP contribution in [-0.4, -0.2) is 34.9 Å². The molecule has 0 bridgehead atoms. The average Bonchev–Trinajstić information content (AvgIpc) is 2.41. The molecule has 116 valence electrons. The molecule has 21 heavy (non-hydrogen) atoms. The summed E-state index contributed by atoms with van der Waals surface area (Å²) < 4.78 is 4.96. The van der Waals surface area contributed by atoms with Gasteiger partial charge in [-0.25, -0.2) is 0 Å². The van der Waals surface area contributed by atoms with Crippen LogP contribution >= 0.6 is 11.6 Å². The monoisotopic (exact) mass is 314 g/mol. The molecule has 0 aromatic heterocycles. The van der Waals surface area contributed by atoms with Gasteiger partial charge in [-0.3, -0.25) is 9.59 Å². The Balaban J connectivity index is 3.54. The summed E-state index contributed by atoms with van der Waals surface area (Å²) in [5, 5.41) is 20.0. The van der Waals surface area contributed by atoms with Gasteiger partial charge in [-0.05, 0) is 31.5 Å². The van der Waals surface area contributed by atoms with Crippen LogP contribution in [0.3, 0.4) is 0 Å². The number of rotatable bonds is 6. The number of carbonyl (C=O) groups is 2. The maximum Gasteiger partial charge on any atom is 0.328 e. The van der Waals surface area contributed by atoms with Crippen molar-refractivity contribution < 1.29 is 24.5 Å². The summed E-state index contributed by atoms with van der Waals surface area (Å²) in [4.78, 5) is 24.3. The van der Waals surface area contributed by atoms with Gasteiger partial charge in [0.05, 0.1) is 12.7 Å². The Morgan fingerprint density at radius 1 is 1.29 bits per heavy atom. The van der Waals surface area contributed by atoms with Crippen molar-refractivity contribution in [2.24, 2.45) is 5.92 Å². The molecule has 0 heterocycles. The number of carboxylic acid groups (broad SMARTS) is 1. The number of carbonyl (C=O) groups excluding carboxylic acids is 1. The number of aliphatic carboxylic acids is 1. The molecule has 0 amide bonds. The van der Waals surface area contributed by atoms with Crippen molar-refractivity contribution in [1.29, 1.82) is 0 Å². The van der Waals surface area contributed by atoms with Crippen molar-refractivity contribution in [3.63, 3.8) is 0 Å². The quantitative estimate of drug-likeness (QED) is 0.621. The Labute approximate surface area is 128 Å². The zero-order valence-electron chi connectivity index (χ0n) is 12.2. The lowest BCUT2D eigenvalue weighted by Gasteiger charge is -2.34. The van der Waals surface area contributed by atoms with E-state index in [2.05, 4.69) is 0 Å². The Morgan fingerprint density at radius 3 is 2.19 bits per heavy atom. The van der Waals surface area contributed by atoms with Gasteiger partial charge >= 0.3 is 11.9 Å². The average molecular weight is 315 g/mol. The van der Waals surface area contributed by atoms with Gasteiger partial charge in [-0.15, -0.1) is 0 Å². The molecule has 0 spiro atoms. The van der Waals surface area contributed by atoms with E-state index in [0.717, 1.165) is 0 Å². The third-order valence-electron chi connectivity index (χ3n) is 3.64. The van der Waals surface area contributed by atoms with Crippen LogP contribution in [0.5, 0.6) is 0 Å². The van der Waals surface area contributed by atoms with E-state index in [0.29, 0.717) is 5.02 Å². The van der Waals surface area contributed by atoms with Crippen molar-refractivity contribution >= 4 is 23.5 Å². The number of aliphatic hydroxyl groups is 1. The first-order valence-corrected chi connectivity index (χ1v) is 7.00. The molecule has 2 N–H and O–H groups in total. The molecule has 0 aliphatic rings. The smallest absolute Gasteiger partial charge is 0.328 e. The summed E-state index contributed by atoms with van der Waals surface area (Å²) >= 11 is 5.81. The van der Waals surface area contributed by atoms with Crippen molar-refractivity contribution in [3.05, 3.63) is 34.9 Å². The predicted octanol–water partition coefficient (Wildman–Crippen LogP) is 2.24. The first kappa shape index (κ1) is 17.5. The van der Waals surface area contributed by atoms with Gasteiger partial charge in [0.1, 0.15) is 0 Å². The van der Waals surface area contributed by atoms with Crippen LogP contribution in [0.1, 0.15) is 26.3 Å². The molecule has 1 aromatic rings. The number of esters is 1. The molecule has 0 aliphatic heterocycles. The molecule has 0 saturated carbocycles. The number of benzene rings is 1. The fourth-order valence-corrected chi connectivity index (χ4v) is 2.42. The lowest BCUT2D eigenvalue weighted by atomic mass is 9.69. The number of carboxylic acids is 1. The van der Waals surface area contributed by atoms with Gasteiger partial charge in [-0.1, -0.05) is 30.7 Å². The zero-order valence-corrected chi connectivity index (χ0v) is 12.9. The maximum absolute atomic E-state index is 12.4. The Hall–Kier alpha value is -1.59. The van der Waals surface area contributed by atoms with Crippen LogP contribution in [0, 0.1) is 5.92 Å². The lowest BCUT2D eigenvalue weighted by Crippen LogP contribution is -2.53. The predicted molar refractivity (Wildman–Crippen MR) is 78.2 cm³/mol. The van der Waals surface area contributed by atoms with Crippen molar-refractivity contribution in [3.8, 4) is 0 Å². The molecule has 0 radical (unpaired) electrons. The van der Waals surface area contributed by atoms with Gasteiger partial charge in [0, 0.05) is 10.9 Å². The SMILES string of the molecule is CCOC(=O)C(C(=O)O)(c1ccc(Cl)cc1)C(C)C(C)O. The van der Waals surface area contributed by atoms with Crippen LogP contribution in [0.25, 0.3) is 0 Å². The van der Waals surface area contributed by atoms with Gasteiger partial charge in [0.15, 0.2) is 5.41 Å². The molecule has 1 rings (SSSR count). The molecule has 3 unspecified atom stereocenters. The fraction of sp³-hybridized carbons (Fsp3) is 0.467. The van der Waals surface area contributed by atoms with Gasteiger partial charge in [-0.2, -0.15) is 0 Å². The largest absolute Gasteiger partial charge is 0.480 e. The normalized spacial score (nSPS) is 16.6. The van der Waals surface area contributed by atoms with Gasteiger partial charge < -0.3 is 14.9 Å². The van der Waals surface area contributed by atoms with Crippen LogP contribution in [-0.2, 0) is 19.7 Å². The Morgan fingerprint density at radius 2 is 1.81 bits per heavy atom. The first-order chi connectivity index (χ1) is 9.78. The second-order valence-electron chi connectivity index (χ2n) is 4.87. The molecular formula is C15H19ClO5. The maximum atomic E-state index is 12.4. The number of hydrogen-bond donors (Lipinski definition) is 2. The summed E-state index contributed by atoms with van der Waals surface area (Å²) in [5.74, 6) is -3.14. The summed E-state index contributed by atoms with van der Waals surface area (Å²) in [6, 6.07) is 5.93. The minimum absolute atomic E-state index is 0.0496. The van der Waals surface area contributed by atoms with Crippen molar-refractivity contribution in [2.75, 3.05) is 6.61 Å². The minimum Gasteiger partial charge on any atom is -0.480 e. The van der Waals surface area contributed by atoms with Crippen LogP contribution in [0.15, 0.2) is 24.3 Å². The van der Waals surface area contributed by atoms with E-state index in [1.807, 2.05) is 0 Å². The molecule has 6 heteroatoms. The highest BCUT2D eigenvalue weighted by molar-refractivity contribution is 6.30. The standard InChI is InChI=1S/C15H19ClO5/c1-4-21-14(20)15(13(18)19,9(2)10(3)17)11-5-7-12(16)8-6-11/h5-10,17H,4H2,1-3H3,(H,18,19). The second-order valence-corrected chi connectivity index (χ2v) is 5.31. The molecule has 1 aromatic carbocycles. The summed E-state index contributed by atoms with van der Waals surface area (Å²) in [6.07, 6.45) is -1.01. The zero-order chi connectivity index (χ0) is 16.2. The number of hydrogen-bond acceptors (Lipinski definition) is 4. The summed E-state index contributed by atoms with van der Waals surface area (Å²) in [7, 11) is 0. The second kappa shape index (κ2) is 6.91. The van der Waals surface area contributed by atoms with E-state index in [4.69, 9.17) is 16.3 Å². The molecule has 0 saturated heterocycles. The van der Waals surface area contributed by atoms with Crippen molar-refractivity contribution in [2.45, 2.75) is 32.3 Å². The third kappa shape index (κ3) is 3.19. The molecule has 0 fully saturated rings. The Bertz CT molecular complexity index is 511. The summed E-state index contributed by atoms with van der Waals surface area (Å²) in [6.45, 7) is 4.59. The van der Waals surface area contributed by atoms with Gasteiger partial charge in [0.2, 0.25) is 0 Å². The van der Waals surface area contributed by atoms with E-state index in [1.165, 1.54) is 38.1 Å². The number of ether oxygens (including phenoxy) is 1. The molecular weight excluding hydrogens is 296 g/mol. The third-order valence-corrected chi connectivity index (χ3v) is 3.89. The van der Waals surface area contributed by atoms with E-state index >= 15 is 0 Å². The molecule has 5 nitrogen and oxygen atoms in total. The Kier molecular flexibility index (Phi) is 5.75. The van der Waals surface area contributed by atoms with Crippen molar-refractivity contribution in [1.82, 2.24) is 0 Å². The van der Waals surface area contributed by atoms with Crippen LogP contribution < -0.4 is 0 Å². The van der Waals surface area contributed by atoms with Crippen LogP contribution in [0.2, 0.25) is 5.02 Å². The van der Waals surface area contributed by atoms with Crippen LogP contribution in [0.4, 0.5) is 0 Å². The first-order valence-electron chi connectivity index (χ1n) is 6.63. The van der Waals surface area contributed by atoms with E-state index in [9.17, 15) is 19.8 Å². The van der Waals surface area contributed by atoms with E-state index in [-0.39, 0.29) is 12.2 Å². The molecule has 0 aliphatic carbocycles.